The van der Waals surface area contributed by atoms with Gasteiger partial charge < -0.3 is 15.3 Å². The first-order valence-corrected chi connectivity index (χ1v) is 8.25. The third kappa shape index (κ3) is 3.69. The van der Waals surface area contributed by atoms with E-state index in [-0.39, 0.29) is 12.1 Å². The summed E-state index contributed by atoms with van der Waals surface area (Å²) in [5.41, 5.74) is -0.783. The van der Waals surface area contributed by atoms with Gasteiger partial charge >= 0.3 is 12.0 Å². The monoisotopic (exact) mass is 296 g/mol. The van der Waals surface area contributed by atoms with Crippen LogP contribution in [0.1, 0.15) is 58.8 Å². The number of nitrogens with zero attached hydrogens (tertiary/aromatic N) is 1. The van der Waals surface area contributed by atoms with Gasteiger partial charge in [0.25, 0.3) is 0 Å². The Labute approximate surface area is 127 Å². The SMILES string of the molecule is CCCCC1CCCC1NC(=O)N1CCC(C)(C(=O)O)C1. The Bertz CT molecular complexity index is 399. The van der Waals surface area contributed by atoms with Crippen LogP contribution in [0.4, 0.5) is 4.79 Å². The van der Waals surface area contributed by atoms with Crippen LogP contribution >= 0.6 is 0 Å². The first kappa shape index (κ1) is 16.1. The Kier molecular flexibility index (Phi) is 5.12. The molecular formula is C16H28N2O3. The van der Waals surface area contributed by atoms with Gasteiger partial charge in [0.15, 0.2) is 0 Å². The second-order valence-electron chi connectivity index (χ2n) is 6.93. The smallest absolute Gasteiger partial charge is 0.317 e. The molecule has 3 unspecified atom stereocenters. The van der Waals surface area contributed by atoms with Crippen molar-refractivity contribution in [1.29, 1.82) is 0 Å². The number of carbonyl (C=O) groups is 2. The van der Waals surface area contributed by atoms with E-state index >= 15 is 0 Å². The van der Waals surface area contributed by atoms with Crippen molar-refractivity contribution in [2.75, 3.05) is 13.1 Å². The highest BCUT2D eigenvalue weighted by Crippen LogP contribution is 2.32. The fraction of sp³-hybridized carbons (Fsp3) is 0.875. The summed E-state index contributed by atoms with van der Waals surface area (Å²) in [6.07, 6.45) is 7.60. The number of nitrogens with one attached hydrogen (secondary N) is 1. The molecule has 0 radical (unpaired) electrons. The van der Waals surface area contributed by atoms with Crippen molar-refractivity contribution in [2.24, 2.45) is 11.3 Å². The van der Waals surface area contributed by atoms with E-state index in [0.717, 1.165) is 6.42 Å². The maximum atomic E-state index is 12.4. The largest absolute Gasteiger partial charge is 0.481 e. The van der Waals surface area contributed by atoms with Gasteiger partial charge in [0.05, 0.1) is 5.41 Å². The standard InChI is InChI=1S/C16H28N2O3/c1-3-4-6-12-7-5-8-13(12)17-15(21)18-10-9-16(2,11-18)14(19)20/h12-13H,3-11H2,1-2H3,(H,17,21)(H,19,20). The van der Waals surface area contributed by atoms with Gasteiger partial charge in [0.2, 0.25) is 0 Å². The number of carboxylic acid groups (broad SMARTS) is 1. The molecular weight excluding hydrogens is 268 g/mol. The molecule has 0 aromatic heterocycles. The van der Waals surface area contributed by atoms with E-state index in [1.807, 2.05) is 0 Å². The highest BCUT2D eigenvalue weighted by atomic mass is 16.4. The van der Waals surface area contributed by atoms with E-state index in [1.165, 1.54) is 32.1 Å². The minimum atomic E-state index is -0.806. The maximum absolute atomic E-state index is 12.4. The minimum Gasteiger partial charge on any atom is -0.481 e. The highest BCUT2D eigenvalue weighted by Gasteiger charge is 2.42. The lowest BCUT2D eigenvalue weighted by Gasteiger charge is -2.25. The molecule has 2 fully saturated rings. The zero-order chi connectivity index (χ0) is 15.5. The molecule has 21 heavy (non-hydrogen) atoms. The Hall–Kier alpha value is -1.26. The van der Waals surface area contributed by atoms with E-state index < -0.39 is 11.4 Å². The summed E-state index contributed by atoms with van der Waals surface area (Å²) < 4.78 is 0. The normalized spacial score (nSPS) is 32.4. The maximum Gasteiger partial charge on any atom is 0.317 e. The van der Waals surface area contributed by atoms with Gasteiger partial charge in [-0.2, -0.15) is 0 Å². The van der Waals surface area contributed by atoms with Crippen molar-refractivity contribution < 1.29 is 14.7 Å². The van der Waals surface area contributed by atoms with Gasteiger partial charge in [-0.15, -0.1) is 0 Å². The zero-order valence-electron chi connectivity index (χ0n) is 13.2. The molecule has 0 bridgehead atoms. The highest BCUT2D eigenvalue weighted by molar-refractivity contribution is 5.79. The summed E-state index contributed by atoms with van der Waals surface area (Å²) in [7, 11) is 0. The van der Waals surface area contributed by atoms with E-state index in [2.05, 4.69) is 12.2 Å². The van der Waals surface area contributed by atoms with Gasteiger partial charge in [-0.3, -0.25) is 4.79 Å². The number of unbranched alkanes of at least 4 members (excludes halogenated alkanes) is 1. The predicted molar refractivity (Wildman–Crippen MR) is 81.1 cm³/mol. The summed E-state index contributed by atoms with van der Waals surface area (Å²) in [4.78, 5) is 25.3. The molecule has 1 saturated carbocycles. The predicted octanol–water partition coefficient (Wildman–Crippen LogP) is 2.85. The fourth-order valence-electron chi connectivity index (χ4n) is 3.60. The molecule has 2 rings (SSSR count). The summed E-state index contributed by atoms with van der Waals surface area (Å²) in [6.45, 7) is 4.78. The van der Waals surface area contributed by atoms with Gasteiger partial charge in [0, 0.05) is 19.1 Å². The summed E-state index contributed by atoms with van der Waals surface area (Å²) in [5.74, 6) is -0.207. The first-order valence-electron chi connectivity index (χ1n) is 8.25. The van der Waals surface area contributed by atoms with Crippen molar-refractivity contribution >= 4 is 12.0 Å². The molecule has 5 nitrogen and oxygen atoms in total. The first-order chi connectivity index (χ1) is 9.96. The number of carboxylic acids is 1. The molecule has 1 saturated heterocycles. The third-order valence-electron chi connectivity index (χ3n) is 5.17. The molecule has 0 spiro atoms. The lowest BCUT2D eigenvalue weighted by atomic mass is 9.90. The summed E-state index contributed by atoms with van der Waals surface area (Å²) in [6, 6.07) is 0.203. The van der Waals surface area contributed by atoms with Crippen LogP contribution in [-0.2, 0) is 4.79 Å². The molecule has 120 valence electrons. The van der Waals surface area contributed by atoms with Crippen LogP contribution in [0.5, 0.6) is 0 Å². The van der Waals surface area contributed by atoms with Crippen LogP contribution < -0.4 is 5.32 Å². The fourth-order valence-corrected chi connectivity index (χ4v) is 3.60. The van der Waals surface area contributed by atoms with E-state index in [0.29, 0.717) is 25.4 Å². The average molecular weight is 296 g/mol. The number of amides is 2. The summed E-state index contributed by atoms with van der Waals surface area (Å²) >= 11 is 0. The van der Waals surface area contributed by atoms with Crippen LogP contribution in [0.3, 0.4) is 0 Å². The molecule has 0 aromatic rings. The van der Waals surface area contributed by atoms with Crippen LogP contribution in [0.25, 0.3) is 0 Å². The Morgan fingerprint density at radius 2 is 2.14 bits per heavy atom. The van der Waals surface area contributed by atoms with Crippen LogP contribution in [0.2, 0.25) is 0 Å². The zero-order valence-corrected chi connectivity index (χ0v) is 13.2. The quantitative estimate of drug-likeness (QED) is 0.819. The molecule has 1 aliphatic carbocycles. The number of aliphatic carboxylic acids is 1. The van der Waals surface area contributed by atoms with Crippen LogP contribution in [-0.4, -0.2) is 41.1 Å². The van der Waals surface area contributed by atoms with E-state index in [4.69, 9.17) is 0 Å². The molecule has 5 heteroatoms. The van der Waals surface area contributed by atoms with Gasteiger partial charge in [-0.05, 0) is 38.5 Å². The van der Waals surface area contributed by atoms with E-state index in [9.17, 15) is 14.7 Å². The number of urea groups is 1. The van der Waals surface area contributed by atoms with Crippen molar-refractivity contribution in [2.45, 2.75) is 64.8 Å². The van der Waals surface area contributed by atoms with Crippen molar-refractivity contribution in [3.05, 3.63) is 0 Å². The average Bonchev–Trinajstić information content (AvgIpc) is 3.04. The Morgan fingerprint density at radius 3 is 2.76 bits per heavy atom. The third-order valence-corrected chi connectivity index (χ3v) is 5.17. The number of hydrogen-bond donors (Lipinski definition) is 2. The topological polar surface area (TPSA) is 69.6 Å². The molecule has 3 atom stereocenters. The number of hydrogen-bond acceptors (Lipinski definition) is 2. The van der Waals surface area contributed by atoms with Crippen molar-refractivity contribution in [1.82, 2.24) is 10.2 Å². The van der Waals surface area contributed by atoms with Crippen LogP contribution in [0, 0.1) is 11.3 Å². The van der Waals surface area contributed by atoms with Gasteiger partial charge in [0.1, 0.15) is 0 Å². The molecule has 2 N–H and O–H groups in total. The second-order valence-corrected chi connectivity index (χ2v) is 6.93. The lowest BCUT2D eigenvalue weighted by Crippen LogP contribution is -2.46. The van der Waals surface area contributed by atoms with Gasteiger partial charge in [-0.25, -0.2) is 4.79 Å². The minimum absolute atomic E-state index is 0.0756. The molecule has 2 amide bonds. The molecule has 1 aliphatic heterocycles. The number of rotatable bonds is 5. The number of carbonyl (C=O) groups excluding carboxylic acids is 1. The number of likely N-dealkylation sites (tertiary alicyclic amines) is 1. The molecule has 2 aliphatic rings. The van der Waals surface area contributed by atoms with Crippen molar-refractivity contribution in [3.8, 4) is 0 Å². The molecule has 1 heterocycles. The summed E-state index contributed by atoms with van der Waals surface area (Å²) in [5, 5.41) is 12.4. The van der Waals surface area contributed by atoms with Gasteiger partial charge in [-0.1, -0.05) is 26.2 Å². The van der Waals surface area contributed by atoms with E-state index in [1.54, 1.807) is 11.8 Å². The Balaban J connectivity index is 1.86. The Morgan fingerprint density at radius 1 is 1.38 bits per heavy atom. The van der Waals surface area contributed by atoms with Crippen LogP contribution in [0.15, 0.2) is 0 Å². The lowest BCUT2D eigenvalue weighted by molar-refractivity contribution is -0.147. The van der Waals surface area contributed by atoms with Crippen molar-refractivity contribution in [3.63, 3.8) is 0 Å². The second kappa shape index (κ2) is 6.67. The molecule has 0 aromatic carbocycles.